The number of hydrogen-bond acceptors (Lipinski definition) is 6. The average molecular weight is 289 g/mol. The van der Waals surface area contributed by atoms with Crippen molar-refractivity contribution in [2.45, 2.75) is 13.5 Å². The van der Waals surface area contributed by atoms with Gasteiger partial charge in [-0.1, -0.05) is 0 Å². The van der Waals surface area contributed by atoms with Gasteiger partial charge in [-0.3, -0.25) is 0 Å². The standard InChI is InChI=1S/C15H19N3O3/c1-10-7-11(19-2)5-6-13(10)16-8-12-14(20-3)17-9-18-15(12)21-4/h5-7,9,16H,8H2,1-4H3. The first-order valence-electron chi connectivity index (χ1n) is 6.50. The van der Waals surface area contributed by atoms with Crippen LogP contribution in [0.15, 0.2) is 24.5 Å². The van der Waals surface area contributed by atoms with Crippen LogP contribution in [0, 0.1) is 6.92 Å². The number of methoxy groups -OCH3 is 3. The van der Waals surface area contributed by atoms with Crippen LogP contribution < -0.4 is 19.5 Å². The first-order valence-corrected chi connectivity index (χ1v) is 6.50. The van der Waals surface area contributed by atoms with E-state index in [1.54, 1.807) is 21.3 Å². The van der Waals surface area contributed by atoms with Crippen molar-refractivity contribution in [2.24, 2.45) is 0 Å². The number of nitrogens with zero attached hydrogens (tertiary/aromatic N) is 2. The van der Waals surface area contributed by atoms with E-state index in [4.69, 9.17) is 14.2 Å². The molecule has 0 unspecified atom stereocenters. The molecular formula is C15H19N3O3. The summed E-state index contributed by atoms with van der Waals surface area (Å²) in [6.07, 6.45) is 1.42. The van der Waals surface area contributed by atoms with Crippen LogP contribution in [0.2, 0.25) is 0 Å². The summed E-state index contributed by atoms with van der Waals surface area (Å²) in [6, 6.07) is 5.85. The molecule has 21 heavy (non-hydrogen) atoms. The molecular weight excluding hydrogens is 270 g/mol. The molecule has 0 radical (unpaired) electrons. The molecule has 2 rings (SSSR count). The number of ether oxygens (including phenoxy) is 3. The molecule has 1 heterocycles. The smallest absolute Gasteiger partial charge is 0.225 e. The third kappa shape index (κ3) is 3.34. The van der Waals surface area contributed by atoms with Gasteiger partial charge in [0.05, 0.1) is 33.4 Å². The predicted molar refractivity (Wildman–Crippen MR) is 80.2 cm³/mol. The minimum atomic E-state index is 0.500. The van der Waals surface area contributed by atoms with E-state index in [1.165, 1.54) is 6.33 Å². The summed E-state index contributed by atoms with van der Waals surface area (Å²) in [7, 11) is 4.80. The van der Waals surface area contributed by atoms with Gasteiger partial charge in [-0.15, -0.1) is 0 Å². The summed E-state index contributed by atoms with van der Waals surface area (Å²) in [6.45, 7) is 2.52. The molecule has 0 bridgehead atoms. The summed E-state index contributed by atoms with van der Waals surface area (Å²) < 4.78 is 15.7. The first-order chi connectivity index (χ1) is 10.2. The summed E-state index contributed by atoms with van der Waals surface area (Å²) in [5.41, 5.74) is 2.87. The number of rotatable bonds is 6. The maximum atomic E-state index is 5.25. The second-order valence-corrected chi connectivity index (χ2v) is 4.41. The zero-order chi connectivity index (χ0) is 15.2. The molecule has 0 aliphatic rings. The molecule has 1 aromatic heterocycles. The number of aromatic nitrogens is 2. The Labute approximate surface area is 124 Å². The first kappa shape index (κ1) is 14.9. The Hall–Kier alpha value is -2.50. The largest absolute Gasteiger partial charge is 0.497 e. The van der Waals surface area contributed by atoms with Crippen molar-refractivity contribution < 1.29 is 14.2 Å². The Morgan fingerprint density at radius 3 is 2.19 bits per heavy atom. The van der Waals surface area contributed by atoms with E-state index in [-0.39, 0.29) is 0 Å². The van der Waals surface area contributed by atoms with Crippen LogP contribution >= 0.6 is 0 Å². The van der Waals surface area contributed by atoms with Gasteiger partial charge < -0.3 is 19.5 Å². The van der Waals surface area contributed by atoms with Crippen molar-refractivity contribution in [1.82, 2.24) is 9.97 Å². The summed E-state index contributed by atoms with van der Waals surface area (Å²) in [4.78, 5) is 8.19. The van der Waals surface area contributed by atoms with Gasteiger partial charge in [0.2, 0.25) is 11.8 Å². The maximum Gasteiger partial charge on any atom is 0.225 e. The predicted octanol–water partition coefficient (Wildman–Crippen LogP) is 2.42. The molecule has 1 aromatic carbocycles. The van der Waals surface area contributed by atoms with E-state index in [9.17, 15) is 0 Å². The summed E-state index contributed by atoms with van der Waals surface area (Å²) >= 11 is 0. The third-order valence-corrected chi connectivity index (χ3v) is 3.14. The van der Waals surface area contributed by atoms with Gasteiger partial charge in [-0.2, -0.15) is 0 Å². The number of hydrogen-bond donors (Lipinski definition) is 1. The lowest BCUT2D eigenvalue weighted by Crippen LogP contribution is -2.07. The van der Waals surface area contributed by atoms with Crippen LogP contribution in [0.4, 0.5) is 5.69 Å². The van der Waals surface area contributed by atoms with Crippen molar-refractivity contribution >= 4 is 5.69 Å². The van der Waals surface area contributed by atoms with E-state index in [2.05, 4.69) is 15.3 Å². The lowest BCUT2D eigenvalue weighted by Gasteiger charge is -2.14. The lowest BCUT2D eigenvalue weighted by molar-refractivity contribution is 0.363. The molecule has 0 aliphatic heterocycles. The molecule has 6 heteroatoms. The second kappa shape index (κ2) is 6.78. The highest BCUT2D eigenvalue weighted by molar-refractivity contribution is 5.54. The molecule has 0 aliphatic carbocycles. The van der Waals surface area contributed by atoms with Gasteiger partial charge in [0.25, 0.3) is 0 Å². The van der Waals surface area contributed by atoms with Crippen LogP contribution in [0.5, 0.6) is 17.5 Å². The van der Waals surface area contributed by atoms with Crippen molar-refractivity contribution in [3.8, 4) is 17.5 Å². The van der Waals surface area contributed by atoms with Crippen molar-refractivity contribution in [2.75, 3.05) is 26.6 Å². The lowest BCUT2D eigenvalue weighted by atomic mass is 10.2. The molecule has 2 aromatic rings. The van der Waals surface area contributed by atoms with Gasteiger partial charge in [0, 0.05) is 5.69 Å². The number of anilines is 1. The molecule has 6 nitrogen and oxygen atoms in total. The minimum Gasteiger partial charge on any atom is -0.497 e. The maximum absolute atomic E-state index is 5.25. The number of aryl methyl sites for hydroxylation is 1. The highest BCUT2D eigenvalue weighted by atomic mass is 16.5. The van der Waals surface area contributed by atoms with E-state index >= 15 is 0 Å². The van der Waals surface area contributed by atoms with Crippen molar-refractivity contribution in [3.05, 3.63) is 35.7 Å². The molecule has 1 N–H and O–H groups in total. The highest BCUT2D eigenvalue weighted by Crippen LogP contribution is 2.26. The van der Waals surface area contributed by atoms with E-state index in [0.717, 1.165) is 22.6 Å². The molecule has 0 amide bonds. The van der Waals surface area contributed by atoms with Crippen molar-refractivity contribution in [3.63, 3.8) is 0 Å². The van der Waals surface area contributed by atoms with Crippen LogP contribution in [0.1, 0.15) is 11.1 Å². The fourth-order valence-electron chi connectivity index (χ4n) is 2.03. The van der Waals surface area contributed by atoms with E-state index in [1.807, 2.05) is 25.1 Å². The van der Waals surface area contributed by atoms with Gasteiger partial charge in [-0.05, 0) is 30.7 Å². The molecule has 0 saturated carbocycles. The van der Waals surface area contributed by atoms with Crippen LogP contribution in [0.3, 0.4) is 0 Å². The van der Waals surface area contributed by atoms with E-state index < -0.39 is 0 Å². The zero-order valence-electron chi connectivity index (χ0n) is 12.6. The summed E-state index contributed by atoms with van der Waals surface area (Å²) in [5.74, 6) is 1.83. The van der Waals surface area contributed by atoms with E-state index in [0.29, 0.717) is 18.3 Å². The zero-order valence-corrected chi connectivity index (χ0v) is 12.6. The van der Waals surface area contributed by atoms with Gasteiger partial charge in [0.15, 0.2) is 0 Å². The summed E-state index contributed by atoms with van der Waals surface area (Å²) in [5, 5.41) is 3.33. The molecule has 0 spiro atoms. The fraction of sp³-hybridized carbons (Fsp3) is 0.333. The van der Waals surface area contributed by atoms with Gasteiger partial charge >= 0.3 is 0 Å². The Balaban J connectivity index is 2.20. The minimum absolute atomic E-state index is 0.500. The third-order valence-electron chi connectivity index (χ3n) is 3.14. The van der Waals surface area contributed by atoms with Crippen LogP contribution in [0.25, 0.3) is 0 Å². The fourth-order valence-corrected chi connectivity index (χ4v) is 2.03. The molecule has 0 atom stereocenters. The van der Waals surface area contributed by atoms with Crippen LogP contribution in [-0.2, 0) is 6.54 Å². The van der Waals surface area contributed by atoms with Crippen molar-refractivity contribution in [1.29, 1.82) is 0 Å². The highest BCUT2D eigenvalue weighted by Gasteiger charge is 2.13. The Bertz CT molecular complexity index is 595. The molecule has 0 fully saturated rings. The second-order valence-electron chi connectivity index (χ2n) is 4.41. The van der Waals surface area contributed by atoms with Crippen LogP contribution in [-0.4, -0.2) is 31.3 Å². The Morgan fingerprint density at radius 2 is 1.67 bits per heavy atom. The Kier molecular flexibility index (Phi) is 4.81. The quantitative estimate of drug-likeness (QED) is 0.881. The normalized spacial score (nSPS) is 10.1. The monoisotopic (exact) mass is 289 g/mol. The average Bonchev–Trinajstić information content (AvgIpc) is 2.53. The number of nitrogens with one attached hydrogen (secondary N) is 1. The Morgan fingerprint density at radius 1 is 1.00 bits per heavy atom. The molecule has 0 saturated heterocycles. The SMILES string of the molecule is COc1ccc(NCc2c(OC)ncnc2OC)c(C)c1. The van der Waals surface area contributed by atoms with Gasteiger partial charge in [-0.25, -0.2) is 9.97 Å². The number of benzene rings is 1. The van der Waals surface area contributed by atoms with Gasteiger partial charge in [0.1, 0.15) is 12.1 Å². The topological polar surface area (TPSA) is 65.5 Å². The molecule has 112 valence electrons.